The lowest BCUT2D eigenvalue weighted by molar-refractivity contribution is 0.0474. The van der Waals surface area contributed by atoms with Gasteiger partial charge in [0, 0.05) is 28.8 Å². The summed E-state index contributed by atoms with van der Waals surface area (Å²) in [6.07, 6.45) is -0.617. The van der Waals surface area contributed by atoms with Crippen molar-refractivity contribution >= 4 is 40.3 Å². The average Bonchev–Trinajstić information content (AvgIpc) is 2.66. The Bertz CT molecular complexity index is 1090. The van der Waals surface area contributed by atoms with Gasteiger partial charge in [-0.25, -0.2) is 14.4 Å². The first-order valence-electron chi connectivity index (χ1n) is 8.40. The maximum atomic E-state index is 12.2. The normalized spacial score (nSPS) is 10.5. The molecule has 0 spiro atoms. The molecule has 1 aromatic heterocycles. The van der Waals surface area contributed by atoms with Crippen molar-refractivity contribution in [3.05, 3.63) is 75.1 Å². The standard InChI is InChI=1S/C20H16ClNO6/c1-2-26-20(25)22-13-7-8-14-12(9-18(23)28-17(14)10-13)11-27-19(24)15-5-3-4-6-16(15)21/h3-10H,2,11H2,1H3,(H,22,25). The fraction of sp³-hybridized carbons (Fsp3) is 0.150. The predicted molar refractivity (Wildman–Crippen MR) is 104 cm³/mol. The van der Waals surface area contributed by atoms with Crippen LogP contribution in [0.4, 0.5) is 10.5 Å². The summed E-state index contributed by atoms with van der Waals surface area (Å²) < 4.78 is 15.3. The van der Waals surface area contributed by atoms with Crippen molar-refractivity contribution in [3.63, 3.8) is 0 Å². The number of nitrogens with one attached hydrogen (secondary N) is 1. The third-order valence-corrected chi connectivity index (χ3v) is 4.13. The van der Waals surface area contributed by atoms with Gasteiger partial charge in [-0.1, -0.05) is 23.7 Å². The molecule has 1 heterocycles. The summed E-state index contributed by atoms with van der Waals surface area (Å²) in [5.74, 6) is -0.604. The summed E-state index contributed by atoms with van der Waals surface area (Å²) in [5, 5.41) is 3.38. The number of ether oxygens (including phenoxy) is 2. The molecule has 7 nitrogen and oxygen atoms in total. The van der Waals surface area contributed by atoms with E-state index in [1.807, 2.05) is 0 Å². The first-order valence-corrected chi connectivity index (χ1v) is 8.78. The summed E-state index contributed by atoms with van der Waals surface area (Å²) in [5.41, 5.74) is 0.737. The molecular weight excluding hydrogens is 386 g/mol. The Morgan fingerprint density at radius 3 is 2.64 bits per heavy atom. The van der Waals surface area contributed by atoms with Crippen molar-refractivity contribution in [1.82, 2.24) is 0 Å². The van der Waals surface area contributed by atoms with E-state index in [4.69, 9.17) is 25.5 Å². The van der Waals surface area contributed by atoms with Crippen molar-refractivity contribution in [1.29, 1.82) is 0 Å². The third kappa shape index (κ3) is 4.50. The highest BCUT2D eigenvalue weighted by atomic mass is 35.5. The lowest BCUT2D eigenvalue weighted by Gasteiger charge is -2.10. The third-order valence-electron chi connectivity index (χ3n) is 3.80. The number of carbonyl (C=O) groups excluding carboxylic acids is 2. The van der Waals surface area contributed by atoms with Gasteiger partial charge in [-0.3, -0.25) is 5.32 Å². The molecule has 144 valence electrons. The van der Waals surface area contributed by atoms with Gasteiger partial charge in [0.05, 0.1) is 17.2 Å². The quantitative estimate of drug-likeness (QED) is 0.503. The topological polar surface area (TPSA) is 94.8 Å². The van der Waals surface area contributed by atoms with E-state index in [0.717, 1.165) is 0 Å². The summed E-state index contributed by atoms with van der Waals surface area (Å²) in [6.45, 7) is 1.78. The van der Waals surface area contributed by atoms with Crippen LogP contribution in [0.1, 0.15) is 22.8 Å². The van der Waals surface area contributed by atoms with E-state index in [0.29, 0.717) is 16.6 Å². The van der Waals surface area contributed by atoms with Crippen LogP contribution in [0.25, 0.3) is 11.0 Å². The highest BCUT2D eigenvalue weighted by molar-refractivity contribution is 6.33. The van der Waals surface area contributed by atoms with E-state index in [1.165, 1.54) is 12.1 Å². The Labute approximate surface area is 164 Å². The Hall–Kier alpha value is -3.32. The zero-order valence-corrected chi connectivity index (χ0v) is 15.6. The van der Waals surface area contributed by atoms with Gasteiger partial charge in [-0.05, 0) is 31.2 Å². The number of rotatable bonds is 5. The highest BCUT2D eigenvalue weighted by Gasteiger charge is 2.14. The van der Waals surface area contributed by atoms with Crippen LogP contribution < -0.4 is 10.9 Å². The second-order valence-electron chi connectivity index (χ2n) is 5.70. The molecule has 0 aliphatic heterocycles. The number of hydrogen-bond donors (Lipinski definition) is 1. The molecule has 2 aromatic carbocycles. The Balaban J connectivity index is 1.83. The Morgan fingerprint density at radius 1 is 1.11 bits per heavy atom. The summed E-state index contributed by atoms with van der Waals surface area (Å²) in [7, 11) is 0. The van der Waals surface area contributed by atoms with Gasteiger partial charge in [-0.2, -0.15) is 0 Å². The van der Waals surface area contributed by atoms with Crippen LogP contribution >= 0.6 is 11.6 Å². The van der Waals surface area contributed by atoms with Crippen LogP contribution in [0.5, 0.6) is 0 Å². The molecule has 0 unspecified atom stereocenters. The number of hydrogen-bond acceptors (Lipinski definition) is 6. The monoisotopic (exact) mass is 401 g/mol. The van der Waals surface area contributed by atoms with E-state index < -0.39 is 17.7 Å². The van der Waals surface area contributed by atoms with Gasteiger partial charge < -0.3 is 13.9 Å². The molecule has 3 rings (SSSR count). The molecule has 0 aliphatic carbocycles. The van der Waals surface area contributed by atoms with Gasteiger partial charge in [0.15, 0.2) is 0 Å². The minimum atomic E-state index is -0.617. The predicted octanol–water partition coefficient (Wildman–Crippen LogP) is 4.37. The number of anilines is 1. The number of amides is 1. The second kappa shape index (κ2) is 8.58. The maximum Gasteiger partial charge on any atom is 0.411 e. The summed E-state index contributed by atoms with van der Waals surface area (Å²) >= 11 is 5.99. The summed E-state index contributed by atoms with van der Waals surface area (Å²) in [6, 6.07) is 12.5. The van der Waals surface area contributed by atoms with Crippen LogP contribution in [0.15, 0.2) is 57.7 Å². The molecule has 0 saturated carbocycles. The van der Waals surface area contributed by atoms with Gasteiger partial charge in [0.2, 0.25) is 0 Å². The molecule has 3 aromatic rings. The van der Waals surface area contributed by atoms with Crippen molar-refractivity contribution < 1.29 is 23.5 Å². The molecule has 0 radical (unpaired) electrons. The molecule has 1 N–H and O–H groups in total. The maximum absolute atomic E-state index is 12.2. The first kappa shape index (κ1) is 19.4. The molecule has 1 amide bonds. The molecule has 0 bridgehead atoms. The average molecular weight is 402 g/mol. The van der Waals surface area contributed by atoms with Gasteiger partial charge in [-0.15, -0.1) is 0 Å². The zero-order valence-electron chi connectivity index (χ0n) is 14.9. The number of carbonyl (C=O) groups is 2. The van der Waals surface area contributed by atoms with Crippen LogP contribution in [0, 0.1) is 0 Å². The van der Waals surface area contributed by atoms with E-state index in [1.54, 1.807) is 43.3 Å². The molecule has 8 heteroatoms. The van der Waals surface area contributed by atoms with Crippen LogP contribution in [-0.2, 0) is 16.1 Å². The van der Waals surface area contributed by atoms with Crippen molar-refractivity contribution in [3.8, 4) is 0 Å². The Morgan fingerprint density at radius 2 is 1.89 bits per heavy atom. The fourth-order valence-electron chi connectivity index (χ4n) is 2.56. The number of halogens is 1. The lowest BCUT2D eigenvalue weighted by Crippen LogP contribution is -2.13. The van der Waals surface area contributed by atoms with Gasteiger partial charge in [0.1, 0.15) is 12.2 Å². The highest BCUT2D eigenvalue weighted by Crippen LogP contribution is 2.23. The zero-order chi connectivity index (χ0) is 20.1. The smallest absolute Gasteiger partial charge is 0.411 e. The van der Waals surface area contributed by atoms with Crippen molar-refractivity contribution in [2.24, 2.45) is 0 Å². The molecule has 0 atom stereocenters. The minimum Gasteiger partial charge on any atom is -0.457 e. The molecule has 0 fully saturated rings. The van der Waals surface area contributed by atoms with Crippen LogP contribution in [-0.4, -0.2) is 18.7 Å². The molecular formula is C20H16ClNO6. The minimum absolute atomic E-state index is 0.142. The van der Waals surface area contributed by atoms with E-state index >= 15 is 0 Å². The fourth-order valence-corrected chi connectivity index (χ4v) is 2.77. The Kier molecular flexibility index (Phi) is 5.96. The van der Waals surface area contributed by atoms with Crippen molar-refractivity contribution in [2.75, 3.05) is 11.9 Å². The van der Waals surface area contributed by atoms with Gasteiger partial charge >= 0.3 is 17.7 Å². The molecule has 28 heavy (non-hydrogen) atoms. The largest absolute Gasteiger partial charge is 0.457 e. The van der Waals surface area contributed by atoms with E-state index in [2.05, 4.69) is 5.32 Å². The molecule has 0 aliphatic rings. The SMILES string of the molecule is CCOC(=O)Nc1ccc2c(COC(=O)c3ccccc3Cl)cc(=O)oc2c1. The second-order valence-corrected chi connectivity index (χ2v) is 6.11. The number of benzene rings is 2. The lowest BCUT2D eigenvalue weighted by atomic mass is 10.1. The van der Waals surface area contributed by atoms with E-state index in [9.17, 15) is 14.4 Å². The summed E-state index contributed by atoms with van der Waals surface area (Å²) in [4.78, 5) is 35.6. The van der Waals surface area contributed by atoms with Gasteiger partial charge in [0.25, 0.3) is 0 Å². The first-order chi connectivity index (χ1) is 13.5. The van der Waals surface area contributed by atoms with Crippen LogP contribution in [0.2, 0.25) is 5.02 Å². The van der Waals surface area contributed by atoms with Crippen LogP contribution in [0.3, 0.4) is 0 Å². The number of esters is 1. The van der Waals surface area contributed by atoms with E-state index in [-0.39, 0.29) is 29.4 Å². The van der Waals surface area contributed by atoms with Crippen molar-refractivity contribution in [2.45, 2.75) is 13.5 Å². The molecule has 0 saturated heterocycles. The number of fused-ring (bicyclic) bond motifs is 1.